The summed E-state index contributed by atoms with van der Waals surface area (Å²) in [6.45, 7) is 13.7. The van der Waals surface area contributed by atoms with Crippen molar-refractivity contribution in [2.45, 2.75) is 63.7 Å². The third-order valence-electron chi connectivity index (χ3n) is 6.04. The first-order chi connectivity index (χ1) is 14.2. The van der Waals surface area contributed by atoms with Crippen LogP contribution in [0.2, 0.25) is 0 Å². The minimum Gasteiger partial charge on any atom is -0.444 e. The summed E-state index contributed by atoms with van der Waals surface area (Å²) in [4.78, 5) is 21.2. The Kier molecular flexibility index (Phi) is 12.3. The largest absolute Gasteiger partial charge is 0.444 e. The van der Waals surface area contributed by atoms with E-state index in [1.54, 1.807) is 0 Å². The molecule has 7 nitrogen and oxygen atoms in total. The topological polar surface area (TPSA) is 66.4 Å². The standard InChI is InChI=1S/C22H42N4O3S.HI/c1-7-25(20(27)29-21(2,3)4)16-18-8-12-26(13-9-18)19(23-5)24-17-22(30-6)10-14-28-15-11-22;/h18H,7-17H2,1-6H3,(H,23,24);1H. The predicted octanol–water partition coefficient (Wildman–Crippen LogP) is 4.06. The van der Waals surface area contributed by atoms with E-state index in [0.717, 1.165) is 71.0 Å². The first kappa shape index (κ1) is 28.6. The fourth-order valence-electron chi connectivity index (χ4n) is 4.07. The van der Waals surface area contributed by atoms with Crippen molar-refractivity contribution in [2.24, 2.45) is 10.9 Å². The van der Waals surface area contributed by atoms with Gasteiger partial charge in [-0.2, -0.15) is 11.8 Å². The number of ether oxygens (including phenoxy) is 2. The molecule has 182 valence electrons. The van der Waals surface area contributed by atoms with Crippen LogP contribution in [0.3, 0.4) is 0 Å². The summed E-state index contributed by atoms with van der Waals surface area (Å²) >= 11 is 1.94. The Hall–Kier alpha value is -0.420. The highest BCUT2D eigenvalue weighted by molar-refractivity contribution is 14.0. The molecule has 1 N–H and O–H groups in total. The number of likely N-dealkylation sites (tertiary alicyclic amines) is 1. The number of piperidine rings is 1. The van der Waals surface area contributed by atoms with Crippen molar-refractivity contribution in [1.82, 2.24) is 15.1 Å². The maximum atomic E-state index is 12.4. The summed E-state index contributed by atoms with van der Waals surface area (Å²) in [5.74, 6) is 1.49. The molecule has 0 aromatic rings. The van der Waals surface area contributed by atoms with Crippen LogP contribution in [0, 0.1) is 5.92 Å². The summed E-state index contributed by atoms with van der Waals surface area (Å²) in [6, 6.07) is 0. The van der Waals surface area contributed by atoms with Gasteiger partial charge < -0.3 is 24.6 Å². The van der Waals surface area contributed by atoms with Crippen LogP contribution in [0.4, 0.5) is 4.79 Å². The monoisotopic (exact) mass is 570 g/mol. The Balaban J connectivity index is 0.00000480. The van der Waals surface area contributed by atoms with Crippen LogP contribution in [0.1, 0.15) is 53.4 Å². The van der Waals surface area contributed by atoms with Gasteiger partial charge in [0.05, 0.1) is 0 Å². The van der Waals surface area contributed by atoms with E-state index in [-0.39, 0.29) is 34.8 Å². The molecule has 2 rings (SSSR count). The average molecular weight is 571 g/mol. The van der Waals surface area contributed by atoms with E-state index in [4.69, 9.17) is 9.47 Å². The van der Waals surface area contributed by atoms with Crippen LogP contribution in [0.5, 0.6) is 0 Å². The maximum Gasteiger partial charge on any atom is 0.410 e. The molecule has 2 fully saturated rings. The van der Waals surface area contributed by atoms with Crippen molar-refractivity contribution in [3.05, 3.63) is 0 Å². The lowest BCUT2D eigenvalue weighted by Crippen LogP contribution is -2.51. The number of amides is 1. The molecule has 0 atom stereocenters. The number of carbonyl (C=O) groups is 1. The Bertz CT molecular complexity index is 572. The zero-order valence-electron chi connectivity index (χ0n) is 20.2. The molecule has 0 aliphatic carbocycles. The summed E-state index contributed by atoms with van der Waals surface area (Å²) in [6.07, 6.45) is 6.27. The molecule has 2 aliphatic rings. The molecule has 0 aromatic heterocycles. The lowest BCUT2D eigenvalue weighted by atomic mass is 9.96. The summed E-state index contributed by atoms with van der Waals surface area (Å²) in [5, 5.41) is 3.63. The second-order valence-electron chi connectivity index (χ2n) is 9.35. The Morgan fingerprint density at radius 1 is 1.29 bits per heavy atom. The number of halogens is 1. The summed E-state index contributed by atoms with van der Waals surface area (Å²) < 4.78 is 11.3. The van der Waals surface area contributed by atoms with Crippen molar-refractivity contribution >= 4 is 47.8 Å². The molecule has 0 unspecified atom stereocenters. The number of aliphatic imine (C=N–C) groups is 1. The average Bonchev–Trinajstić information content (AvgIpc) is 2.72. The van der Waals surface area contributed by atoms with Crippen LogP contribution >= 0.6 is 35.7 Å². The third kappa shape index (κ3) is 9.15. The van der Waals surface area contributed by atoms with Gasteiger partial charge in [0, 0.05) is 57.7 Å². The van der Waals surface area contributed by atoms with E-state index < -0.39 is 5.60 Å². The molecule has 1 amide bonds. The van der Waals surface area contributed by atoms with Gasteiger partial charge in [-0.1, -0.05) is 0 Å². The van der Waals surface area contributed by atoms with E-state index in [2.05, 4.69) is 21.5 Å². The smallest absolute Gasteiger partial charge is 0.410 e. The van der Waals surface area contributed by atoms with Gasteiger partial charge in [0.2, 0.25) is 0 Å². The normalized spacial score (nSPS) is 20.1. The highest BCUT2D eigenvalue weighted by atomic mass is 127. The number of carbonyl (C=O) groups excluding carboxylic acids is 1. The number of hydrogen-bond donors (Lipinski definition) is 1. The zero-order valence-corrected chi connectivity index (χ0v) is 23.4. The molecule has 0 radical (unpaired) electrons. The molecule has 0 bridgehead atoms. The highest BCUT2D eigenvalue weighted by Crippen LogP contribution is 2.33. The van der Waals surface area contributed by atoms with Gasteiger partial charge in [-0.25, -0.2) is 4.79 Å². The van der Waals surface area contributed by atoms with Crippen molar-refractivity contribution in [1.29, 1.82) is 0 Å². The number of guanidine groups is 1. The number of nitrogens with zero attached hydrogens (tertiary/aromatic N) is 3. The van der Waals surface area contributed by atoms with Gasteiger partial charge in [0.1, 0.15) is 5.60 Å². The molecule has 2 heterocycles. The summed E-state index contributed by atoms with van der Waals surface area (Å²) in [5.41, 5.74) is -0.454. The molecule has 9 heteroatoms. The first-order valence-corrected chi connectivity index (χ1v) is 12.5. The van der Waals surface area contributed by atoms with Crippen molar-refractivity contribution < 1.29 is 14.3 Å². The van der Waals surface area contributed by atoms with Gasteiger partial charge in [-0.15, -0.1) is 24.0 Å². The van der Waals surface area contributed by atoms with Crippen molar-refractivity contribution in [3.8, 4) is 0 Å². The van der Waals surface area contributed by atoms with Crippen molar-refractivity contribution in [2.75, 3.05) is 59.2 Å². The Morgan fingerprint density at radius 3 is 2.39 bits per heavy atom. The first-order valence-electron chi connectivity index (χ1n) is 11.3. The van der Waals surface area contributed by atoms with Crippen LogP contribution in [0.15, 0.2) is 4.99 Å². The fraction of sp³-hybridized carbons (Fsp3) is 0.909. The Labute approximate surface area is 210 Å². The van der Waals surface area contributed by atoms with E-state index in [1.807, 2.05) is 51.4 Å². The number of thioether (sulfide) groups is 1. The van der Waals surface area contributed by atoms with Gasteiger partial charge >= 0.3 is 6.09 Å². The van der Waals surface area contributed by atoms with Crippen LogP contribution in [-0.2, 0) is 9.47 Å². The Morgan fingerprint density at radius 2 is 1.90 bits per heavy atom. The second kappa shape index (κ2) is 13.3. The number of rotatable bonds is 6. The van der Waals surface area contributed by atoms with E-state index in [0.29, 0.717) is 12.5 Å². The fourth-order valence-corrected chi connectivity index (χ4v) is 4.86. The maximum absolute atomic E-state index is 12.4. The van der Waals surface area contributed by atoms with Gasteiger partial charge in [0.25, 0.3) is 0 Å². The lowest BCUT2D eigenvalue weighted by Gasteiger charge is -2.39. The van der Waals surface area contributed by atoms with Gasteiger partial charge in [-0.3, -0.25) is 4.99 Å². The molecule has 2 aliphatic heterocycles. The molecule has 31 heavy (non-hydrogen) atoms. The molecule has 0 spiro atoms. The van der Waals surface area contributed by atoms with Crippen LogP contribution in [-0.4, -0.2) is 91.4 Å². The van der Waals surface area contributed by atoms with Gasteiger partial charge in [0.15, 0.2) is 5.96 Å². The van der Waals surface area contributed by atoms with E-state index >= 15 is 0 Å². The minimum absolute atomic E-state index is 0. The van der Waals surface area contributed by atoms with E-state index in [9.17, 15) is 4.79 Å². The van der Waals surface area contributed by atoms with Crippen molar-refractivity contribution in [3.63, 3.8) is 0 Å². The van der Waals surface area contributed by atoms with Gasteiger partial charge in [-0.05, 0) is 65.6 Å². The number of nitrogens with one attached hydrogen (secondary N) is 1. The van der Waals surface area contributed by atoms with Crippen LogP contribution in [0.25, 0.3) is 0 Å². The van der Waals surface area contributed by atoms with E-state index in [1.165, 1.54) is 0 Å². The number of hydrogen-bond acceptors (Lipinski definition) is 5. The molecule has 2 saturated heterocycles. The second-order valence-corrected chi connectivity index (χ2v) is 10.6. The van der Waals surface area contributed by atoms with Crippen LogP contribution < -0.4 is 5.32 Å². The SMILES string of the molecule is CCN(CC1CCN(C(=NC)NCC2(SC)CCOCC2)CC1)C(=O)OC(C)(C)C.I. The molecular formula is C22H43IN4O3S. The quantitative estimate of drug-likeness (QED) is 0.295. The predicted molar refractivity (Wildman–Crippen MR) is 141 cm³/mol. The highest BCUT2D eigenvalue weighted by Gasteiger charge is 2.33. The molecule has 0 aromatic carbocycles. The molecular weight excluding hydrogens is 527 g/mol. The lowest BCUT2D eigenvalue weighted by molar-refractivity contribution is 0.0214. The molecule has 0 saturated carbocycles. The third-order valence-corrected chi connectivity index (χ3v) is 7.46. The summed E-state index contributed by atoms with van der Waals surface area (Å²) in [7, 11) is 1.87. The zero-order chi connectivity index (χ0) is 22.2. The minimum atomic E-state index is -0.454.